The predicted octanol–water partition coefficient (Wildman–Crippen LogP) is 0.828. The molecule has 2 atom stereocenters. The molecule has 1 radical (unpaired) electrons. The highest BCUT2D eigenvalue weighted by Crippen LogP contribution is 2.20. The number of rotatable bonds is 4. The minimum Gasteiger partial charge on any atom is -0.376 e. The van der Waals surface area contributed by atoms with Crippen molar-refractivity contribution in [3.8, 4) is 0 Å². The Balaban J connectivity index is 2.15. The minimum absolute atomic E-state index is 0.324. The van der Waals surface area contributed by atoms with E-state index < -0.39 is 0 Å². The molecule has 0 aliphatic carbocycles. The lowest BCUT2D eigenvalue weighted by molar-refractivity contribution is -0.0906. The Morgan fingerprint density at radius 2 is 2.33 bits per heavy atom. The third kappa shape index (κ3) is 3.15. The lowest BCUT2D eigenvalue weighted by Crippen LogP contribution is -2.32. The maximum absolute atomic E-state index is 5.59. The lowest BCUT2D eigenvalue weighted by atomic mass is 9.78. The minimum atomic E-state index is 0.324. The molecule has 0 saturated carbocycles. The molecule has 1 heterocycles. The van der Waals surface area contributed by atoms with E-state index in [-0.39, 0.29) is 0 Å². The maximum atomic E-state index is 5.59. The molecule has 0 N–H and O–H groups in total. The van der Waals surface area contributed by atoms with E-state index in [1.54, 1.807) is 0 Å². The van der Waals surface area contributed by atoms with Crippen LogP contribution in [0.2, 0.25) is 5.82 Å². The maximum Gasteiger partial charge on any atom is 0.108 e. The number of unbranched alkanes of at least 4 members (excludes halogenated alkanes) is 1. The first-order valence-corrected chi connectivity index (χ1v) is 4.83. The molecule has 0 spiro atoms. The fourth-order valence-electron chi connectivity index (χ4n) is 1.49. The van der Waals surface area contributed by atoms with E-state index in [0.29, 0.717) is 11.9 Å². The van der Waals surface area contributed by atoms with Crippen LogP contribution in [0.3, 0.4) is 0 Å². The Morgan fingerprint density at radius 3 is 2.92 bits per heavy atom. The lowest BCUT2D eigenvalue weighted by Gasteiger charge is -2.28. The molecular formula is C9H18BO2. The van der Waals surface area contributed by atoms with Gasteiger partial charge in [-0.1, -0.05) is 26.2 Å². The van der Waals surface area contributed by atoms with Crippen LogP contribution in [-0.4, -0.2) is 33.8 Å². The van der Waals surface area contributed by atoms with Crippen molar-refractivity contribution in [1.82, 2.24) is 0 Å². The van der Waals surface area contributed by atoms with E-state index >= 15 is 0 Å². The van der Waals surface area contributed by atoms with Crippen LogP contribution >= 0.6 is 0 Å². The summed E-state index contributed by atoms with van der Waals surface area (Å²) in [6, 6.07) is 0. The van der Waals surface area contributed by atoms with Crippen LogP contribution in [0, 0.1) is 6.92 Å². The Kier molecular flexibility index (Phi) is 4.70. The van der Waals surface area contributed by atoms with E-state index in [2.05, 4.69) is 14.8 Å². The molecule has 69 valence electrons. The van der Waals surface area contributed by atoms with Crippen molar-refractivity contribution in [3.63, 3.8) is 0 Å². The second-order valence-electron chi connectivity index (χ2n) is 3.46. The Bertz CT molecular complexity index is 113. The molecule has 1 fully saturated rings. The first kappa shape index (κ1) is 10.1. The van der Waals surface area contributed by atoms with Gasteiger partial charge >= 0.3 is 0 Å². The van der Waals surface area contributed by atoms with Crippen LogP contribution < -0.4 is 0 Å². The van der Waals surface area contributed by atoms with Crippen molar-refractivity contribution in [2.24, 2.45) is 0 Å². The number of hydrogen-bond donors (Lipinski definition) is 0. The first-order chi connectivity index (χ1) is 5.84. The van der Waals surface area contributed by atoms with Crippen LogP contribution in [0.4, 0.5) is 0 Å². The molecule has 1 saturated heterocycles. The second kappa shape index (κ2) is 5.60. The molecule has 1 aliphatic heterocycles. The van der Waals surface area contributed by atoms with Crippen LogP contribution in [0.15, 0.2) is 0 Å². The van der Waals surface area contributed by atoms with Crippen molar-refractivity contribution in [3.05, 3.63) is 6.92 Å². The normalized spacial score (nSPS) is 26.9. The number of hydrogen-bond acceptors (Lipinski definition) is 2. The Morgan fingerprint density at radius 1 is 1.50 bits per heavy atom. The average molecular weight is 169 g/mol. The quantitative estimate of drug-likeness (QED) is 0.580. The summed E-state index contributed by atoms with van der Waals surface area (Å²) in [6.07, 6.45) is 3.75. The van der Waals surface area contributed by atoms with Crippen LogP contribution in [-0.2, 0) is 9.47 Å². The summed E-state index contributed by atoms with van der Waals surface area (Å²) in [4.78, 5) is 0. The highest BCUT2D eigenvalue weighted by Gasteiger charge is 2.20. The molecule has 0 aromatic heterocycles. The van der Waals surface area contributed by atoms with Gasteiger partial charge < -0.3 is 9.47 Å². The van der Waals surface area contributed by atoms with Gasteiger partial charge in [-0.05, 0) is 5.82 Å². The van der Waals surface area contributed by atoms with E-state index in [4.69, 9.17) is 9.47 Å². The monoisotopic (exact) mass is 169 g/mol. The smallest absolute Gasteiger partial charge is 0.108 e. The summed E-state index contributed by atoms with van der Waals surface area (Å²) in [5.74, 6) is 0.618. The molecule has 0 bridgehead atoms. The summed E-state index contributed by atoms with van der Waals surface area (Å²) in [6.45, 7) is 6.13. The summed E-state index contributed by atoms with van der Waals surface area (Å²) in [5, 5.41) is 0. The second-order valence-corrected chi connectivity index (χ2v) is 3.46. The molecule has 2 unspecified atom stereocenters. The summed E-state index contributed by atoms with van der Waals surface area (Å²) >= 11 is 0. The van der Waals surface area contributed by atoms with E-state index in [1.165, 1.54) is 12.8 Å². The van der Waals surface area contributed by atoms with E-state index in [1.807, 2.05) is 0 Å². The van der Waals surface area contributed by atoms with Gasteiger partial charge in [0.2, 0.25) is 0 Å². The largest absolute Gasteiger partial charge is 0.376 e. The standard InChI is InChI=1S/C9H18BO2/c1-2-3-4-8(10)9-7-11-5-6-12-9/h8-9H,1-7,10H2. The number of ether oxygens (including phenoxy) is 2. The van der Waals surface area contributed by atoms with Gasteiger partial charge in [0.25, 0.3) is 0 Å². The van der Waals surface area contributed by atoms with Crippen LogP contribution in [0.1, 0.15) is 19.3 Å². The van der Waals surface area contributed by atoms with Gasteiger partial charge in [0.1, 0.15) is 7.85 Å². The highest BCUT2D eigenvalue weighted by atomic mass is 16.6. The molecule has 12 heavy (non-hydrogen) atoms. The van der Waals surface area contributed by atoms with Crippen LogP contribution in [0.25, 0.3) is 0 Å². The molecular weight excluding hydrogens is 151 g/mol. The predicted molar refractivity (Wildman–Crippen MR) is 52.1 cm³/mol. The SMILES string of the molecule is BC(CCC[CH2])C1COCCO1. The molecule has 3 heteroatoms. The van der Waals surface area contributed by atoms with Gasteiger partial charge in [0, 0.05) is 0 Å². The third-order valence-corrected chi connectivity index (χ3v) is 2.39. The van der Waals surface area contributed by atoms with Crippen molar-refractivity contribution in [2.75, 3.05) is 19.8 Å². The molecule has 0 amide bonds. The molecule has 1 aliphatic rings. The Hall–Kier alpha value is -0.0151. The van der Waals surface area contributed by atoms with E-state index in [0.717, 1.165) is 26.2 Å². The van der Waals surface area contributed by atoms with Gasteiger partial charge in [-0.15, -0.1) is 0 Å². The zero-order valence-electron chi connectivity index (χ0n) is 7.92. The van der Waals surface area contributed by atoms with Crippen molar-refractivity contribution >= 4 is 7.85 Å². The summed E-state index contributed by atoms with van der Waals surface area (Å²) in [7, 11) is 2.23. The first-order valence-electron chi connectivity index (χ1n) is 4.83. The zero-order valence-corrected chi connectivity index (χ0v) is 7.92. The highest BCUT2D eigenvalue weighted by molar-refractivity contribution is 6.12. The van der Waals surface area contributed by atoms with Gasteiger partial charge in [-0.3, -0.25) is 0 Å². The van der Waals surface area contributed by atoms with Gasteiger partial charge in [0.15, 0.2) is 0 Å². The van der Waals surface area contributed by atoms with Crippen molar-refractivity contribution < 1.29 is 9.47 Å². The topological polar surface area (TPSA) is 18.5 Å². The molecule has 0 aromatic rings. The third-order valence-electron chi connectivity index (χ3n) is 2.39. The van der Waals surface area contributed by atoms with Crippen molar-refractivity contribution in [2.45, 2.75) is 31.2 Å². The fraction of sp³-hybridized carbons (Fsp3) is 0.889. The molecule has 1 rings (SSSR count). The summed E-state index contributed by atoms with van der Waals surface area (Å²) < 4.78 is 10.9. The molecule has 2 nitrogen and oxygen atoms in total. The van der Waals surface area contributed by atoms with Crippen molar-refractivity contribution in [1.29, 1.82) is 0 Å². The summed E-state index contributed by atoms with van der Waals surface area (Å²) in [5.41, 5.74) is 0. The zero-order chi connectivity index (χ0) is 8.81. The van der Waals surface area contributed by atoms with Crippen LogP contribution in [0.5, 0.6) is 0 Å². The van der Waals surface area contributed by atoms with E-state index in [9.17, 15) is 0 Å². The van der Waals surface area contributed by atoms with Gasteiger partial charge in [-0.25, -0.2) is 0 Å². The van der Waals surface area contributed by atoms with Gasteiger partial charge in [-0.2, -0.15) is 0 Å². The van der Waals surface area contributed by atoms with Gasteiger partial charge in [0.05, 0.1) is 25.9 Å². The Labute approximate surface area is 76.0 Å². The fourth-order valence-corrected chi connectivity index (χ4v) is 1.49. The average Bonchev–Trinajstić information content (AvgIpc) is 2.15. The molecule has 0 aromatic carbocycles.